The Morgan fingerprint density at radius 2 is 0.712 bits per heavy atom. The Labute approximate surface area is 312 Å². The van der Waals surface area contributed by atoms with Gasteiger partial charge >= 0.3 is 0 Å². The summed E-state index contributed by atoms with van der Waals surface area (Å²) < 4.78 is 7.93. The Morgan fingerprint density at radius 1 is 0.250 bits per heavy atom. The van der Waals surface area contributed by atoms with Gasteiger partial charge in [0.15, 0.2) is 0 Å². The van der Waals surface area contributed by atoms with Crippen LogP contribution in [-0.2, 0) is 0 Å². The monoisotopic (exact) mass is 715 g/mol. The zero-order valence-electron chi connectivity index (χ0n) is 27.9. The predicted octanol–water partition coefficient (Wildman–Crippen LogP) is 15.6. The van der Waals surface area contributed by atoms with E-state index in [1.54, 1.807) is 0 Å². The van der Waals surface area contributed by atoms with Crippen molar-refractivity contribution in [3.63, 3.8) is 0 Å². The average molecular weight is 716 g/mol. The maximum absolute atomic E-state index is 2.41. The van der Waals surface area contributed by atoms with Crippen LogP contribution in [0.3, 0.4) is 0 Å². The zero-order valence-corrected chi connectivity index (χ0v) is 30.4. The van der Waals surface area contributed by atoms with Gasteiger partial charge in [-0.3, -0.25) is 0 Å². The Kier molecular flexibility index (Phi) is 6.84. The van der Waals surface area contributed by atoms with Crippen LogP contribution in [0.4, 0.5) is 17.1 Å². The molecular formula is C48H29NS3. The fourth-order valence-electron chi connectivity index (χ4n) is 7.74. The van der Waals surface area contributed by atoms with Crippen molar-refractivity contribution in [3.8, 4) is 22.3 Å². The quantitative estimate of drug-likeness (QED) is 0.171. The highest BCUT2D eigenvalue weighted by Crippen LogP contribution is 2.43. The molecule has 0 amide bonds. The molecule has 0 aliphatic heterocycles. The van der Waals surface area contributed by atoms with Crippen LogP contribution in [0, 0.1) is 0 Å². The van der Waals surface area contributed by atoms with Crippen LogP contribution in [0.1, 0.15) is 0 Å². The molecular weight excluding hydrogens is 687 g/mol. The molecule has 0 radical (unpaired) electrons. The first-order chi connectivity index (χ1) is 25.7. The van der Waals surface area contributed by atoms with Crippen molar-refractivity contribution in [1.82, 2.24) is 0 Å². The van der Waals surface area contributed by atoms with E-state index in [0.717, 1.165) is 17.1 Å². The highest BCUT2D eigenvalue weighted by atomic mass is 32.1. The van der Waals surface area contributed by atoms with E-state index in [-0.39, 0.29) is 0 Å². The van der Waals surface area contributed by atoms with E-state index >= 15 is 0 Å². The van der Waals surface area contributed by atoms with Crippen LogP contribution in [0.2, 0.25) is 0 Å². The van der Waals surface area contributed by atoms with Crippen LogP contribution < -0.4 is 4.90 Å². The third-order valence-electron chi connectivity index (χ3n) is 10.3. The maximum atomic E-state index is 2.41. The van der Waals surface area contributed by atoms with Gasteiger partial charge in [0.2, 0.25) is 0 Å². The fraction of sp³-hybridized carbons (Fsp3) is 0. The molecule has 3 heterocycles. The summed E-state index contributed by atoms with van der Waals surface area (Å²) in [6.07, 6.45) is 0. The first kappa shape index (κ1) is 29.9. The van der Waals surface area contributed by atoms with Gasteiger partial charge in [-0.2, -0.15) is 0 Å². The van der Waals surface area contributed by atoms with Crippen molar-refractivity contribution in [2.24, 2.45) is 0 Å². The molecule has 244 valence electrons. The van der Waals surface area contributed by atoms with Crippen molar-refractivity contribution in [2.75, 3.05) is 4.90 Å². The van der Waals surface area contributed by atoms with Crippen LogP contribution in [0.5, 0.6) is 0 Å². The summed E-state index contributed by atoms with van der Waals surface area (Å²) in [6, 6.07) is 65.0. The molecule has 0 aliphatic carbocycles. The number of fused-ring (bicyclic) bond motifs is 9. The summed E-state index contributed by atoms with van der Waals surface area (Å²) in [5.41, 5.74) is 8.29. The standard InChI is InChI=1S/C48H29NS3/c1-4-13-43-37(10-1)40-23-18-33(28-47(40)51-43)31-8-7-9-35(26-31)49(36-22-24-41-38-11-2-5-14-44(38)52-48(41)29-36)34-20-16-30(17-21-34)32-19-25-46-42(27-32)39-12-3-6-15-45(39)50-46/h1-29H. The number of anilines is 3. The summed E-state index contributed by atoms with van der Waals surface area (Å²) in [5.74, 6) is 0. The Bertz CT molecular complexity index is 3140. The summed E-state index contributed by atoms with van der Waals surface area (Å²) in [5, 5.41) is 7.93. The largest absolute Gasteiger partial charge is 0.310 e. The molecule has 11 aromatic rings. The van der Waals surface area contributed by atoms with E-state index in [1.807, 2.05) is 34.0 Å². The Balaban J connectivity index is 1.03. The molecule has 0 spiro atoms. The molecule has 3 aromatic heterocycles. The van der Waals surface area contributed by atoms with Crippen LogP contribution >= 0.6 is 34.0 Å². The van der Waals surface area contributed by atoms with Crippen molar-refractivity contribution in [1.29, 1.82) is 0 Å². The zero-order chi connectivity index (χ0) is 34.2. The van der Waals surface area contributed by atoms with Crippen LogP contribution in [-0.4, -0.2) is 0 Å². The van der Waals surface area contributed by atoms with Crippen molar-refractivity contribution >= 4 is 112 Å². The number of hydrogen-bond donors (Lipinski definition) is 0. The second-order valence-electron chi connectivity index (χ2n) is 13.3. The van der Waals surface area contributed by atoms with Gasteiger partial charge in [0.05, 0.1) is 0 Å². The molecule has 0 saturated carbocycles. The minimum absolute atomic E-state index is 1.13. The lowest BCUT2D eigenvalue weighted by molar-refractivity contribution is 1.29. The fourth-order valence-corrected chi connectivity index (χ4v) is 11.1. The number of hydrogen-bond acceptors (Lipinski definition) is 4. The molecule has 0 bridgehead atoms. The summed E-state index contributed by atoms with van der Waals surface area (Å²) in [4.78, 5) is 2.41. The smallest absolute Gasteiger partial charge is 0.0476 e. The van der Waals surface area contributed by atoms with E-state index in [0.29, 0.717) is 0 Å². The summed E-state index contributed by atoms with van der Waals surface area (Å²) >= 11 is 5.60. The lowest BCUT2D eigenvalue weighted by Crippen LogP contribution is -2.09. The minimum Gasteiger partial charge on any atom is -0.310 e. The van der Waals surface area contributed by atoms with E-state index in [2.05, 4.69) is 181 Å². The molecule has 0 aliphatic rings. The molecule has 0 atom stereocenters. The second kappa shape index (κ2) is 11.9. The minimum atomic E-state index is 1.13. The normalized spacial score (nSPS) is 11.8. The summed E-state index contributed by atoms with van der Waals surface area (Å²) in [7, 11) is 0. The highest BCUT2D eigenvalue weighted by Gasteiger charge is 2.17. The molecule has 52 heavy (non-hydrogen) atoms. The lowest BCUT2D eigenvalue weighted by Gasteiger charge is -2.26. The first-order valence-electron chi connectivity index (χ1n) is 17.5. The Morgan fingerprint density at radius 3 is 1.42 bits per heavy atom. The third kappa shape index (κ3) is 4.87. The van der Waals surface area contributed by atoms with Crippen LogP contribution in [0.15, 0.2) is 176 Å². The molecule has 0 N–H and O–H groups in total. The van der Waals surface area contributed by atoms with E-state index < -0.39 is 0 Å². The van der Waals surface area contributed by atoms with Gasteiger partial charge in [-0.1, -0.05) is 103 Å². The van der Waals surface area contributed by atoms with Gasteiger partial charge in [-0.25, -0.2) is 0 Å². The maximum Gasteiger partial charge on any atom is 0.0476 e. The van der Waals surface area contributed by atoms with Gasteiger partial charge in [0.1, 0.15) is 0 Å². The van der Waals surface area contributed by atoms with E-state index in [9.17, 15) is 0 Å². The SMILES string of the molecule is c1cc(-c2ccc3c(c2)sc2ccccc23)cc(N(c2ccc(-c3ccc4sc5ccccc5c4c3)cc2)c2ccc3c(c2)sc2ccccc23)c1. The highest BCUT2D eigenvalue weighted by molar-refractivity contribution is 7.26. The average Bonchev–Trinajstić information content (AvgIpc) is 3.89. The van der Waals surface area contributed by atoms with Crippen molar-refractivity contribution in [2.45, 2.75) is 0 Å². The number of benzene rings is 8. The predicted molar refractivity (Wildman–Crippen MR) is 231 cm³/mol. The molecule has 4 heteroatoms. The number of rotatable bonds is 5. The van der Waals surface area contributed by atoms with Gasteiger partial charge < -0.3 is 4.90 Å². The van der Waals surface area contributed by atoms with Crippen molar-refractivity contribution in [3.05, 3.63) is 176 Å². The molecule has 0 unspecified atom stereocenters. The molecule has 8 aromatic carbocycles. The van der Waals surface area contributed by atoms with Gasteiger partial charge in [0.25, 0.3) is 0 Å². The molecule has 0 fully saturated rings. The van der Waals surface area contributed by atoms with E-state index in [1.165, 1.54) is 82.8 Å². The first-order valence-corrected chi connectivity index (χ1v) is 19.9. The third-order valence-corrected chi connectivity index (χ3v) is 13.7. The molecule has 1 nitrogen and oxygen atoms in total. The van der Waals surface area contributed by atoms with E-state index in [4.69, 9.17) is 0 Å². The number of nitrogens with zero attached hydrogens (tertiary/aromatic N) is 1. The lowest BCUT2D eigenvalue weighted by atomic mass is 10.0. The molecule has 11 rings (SSSR count). The molecule has 0 saturated heterocycles. The Hall–Kier alpha value is -5.78. The second-order valence-corrected chi connectivity index (χ2v) is 16.6. The van der Waals surface area contributed by atoms with Gasteiger partial charge in [-0.15, -0.1) is 34.0 Å². The van der Waals surface area contributed by atoms with Crippen molar-refractivity contribution < 1.29 is 0 Å². The van der Waals surface area contributed by atoms with Gasteiger partial charge in [-0.05, 0) is 95.1 Å². The van der Waals surface area contributed by atoms with Crippen LogP contribution in [0.25, 0.3) is 82.8 Å². The number of thiophene rings is 3. The summed E-state index contributed by atoms with van der Waals surface area (Å²) in [6.45, 7) is 0. The van der Waals surface area contributed by atoms with Gasteiger partial charge in [0, 0.05) is 77.6 Å². The topological polar surface area (TPSA) is 3.24 Å².